The van der Waals surface area contributed by atoms with Crippen LogP contribution in [0, 0.1) is 0 Å². The van der Waals surface area contributed by atoms with Gasteiger partial charge in [0, 0.05) is 24.1 Å². The Bertz CT molecular complexity index is 1530. The number of ether oxygens (including phenoxy) is 2. The van der Waals surface area contributed by atoms with Crippen LogP contribution in [0.25, 0.3) is 0 Å². The van der Waals surface area contributed by atoms with Gasteiger partial charge >= 0.3 is 5.97 Å². The number of aliphatic hydroxyl groups is 2. The van der Waals surface area contributed by atoms with Crippen molar-refractivity contribution in [2.45, 2.75) is 56.3 Å². The van der Waals surface area contributed by atoms with Crippen molar-refractivity contribution in [3.8, 4) is 0 Å². The molecule has 2 heterocycles. The van der Waals surface area contributed by atoms with Crippen LogP contribution in [-0.2, 0) is 20.7 Å². The first kappa shape index (κ1) is 32.3. The van der Waals surface area contributed by atoms with E-state index in [-0.39, 0.29) is 30.8 Å². The number of fused-ring (bicyclic) bond motifs is 2. The minimum absolute atomic E-state index is 0.0933. The van der Waals surface area contributed by atoms with Crippen LogP contribution in [0.5, 0.6) is 0 Å². The topological polar surface area (TPSA) is 150 Å². The second-order valence-corrected chi connectivity index (χ2v) is 11.7. The molecule has 1 saturated heterocycles. The summed E-state index contributed by atoms with van der Waals surface area (Å²) in [6.07, 6.45) is 5.23. The van der Waals surface area contributed by atoms with Gasteiger partial charge in [0.25, 0.3) is 5.60 Å². The number of nitrogens with one attached hydrogen (secondary N) is 3. The van der Waals surface area contributed by atoms with Gasteiger partial charge in [0.2, 0.25) is 5.78 Å². The van der Waals surface area contributed by atoms with Gasteiger partial charge in [-0.25, -0.2) is 4.79 Å². The van der Waals surface area contributed by atoms with Gasteiger partial charge in [-0.3, -0.25) is 9.59 Å². The van der Waals surface area contributed by atoms with Gasteiger partial charge < -0.3 is 35.6 Å². The van der Waals surface area contributed by atoms with Crippen LogP contribution < -0.4 is 16.0 Å². The van der Waals surface area contributed by atoms with Gasteiger partial charge in [-0.2, -0.15) is 0 Å². The van der Waals surface area contributed by atoms with Gasteiger partial charge in [0.05, 0.1) is 19.4 Å². The van der Waals surface area contributed by atoms with Gasteiger partial charge in [-0.15, -0.1) is 0 Å². The lowest BCUT2D eigenvalue weighted by molar-refractivity contribution is -0.151. The Balaban J connectivity index is 1.33. The summed E-state index contributed by atoms with van der Waals surface area (Å²) in [5.41, 5.74) is -0.213. The summed E-state index contributed by atoms with van der Waals surface area (Å²) in [6, 6.07) is 15.9. The van der Waals surface area contributed by atoms with E-state index in [4.69, 9.17) is 9.47 Å². The number of Topliss-reactive ketones (excluding diaryl/α,β-unsaturated/α-hetero) is 2. The van der Waals surface area contributed by atoms with Gasteiger partial charge in [0.15, 0.2) is 11.4 Å². The number of dihydropyridines is 1. The summed E-state index contributed by atoms with van der Waals surface area (Å²) in [6.45, 7) is 2.47. The maximum atomic E-state index is 14.0. The van der Waals surface area contributed by atoms with E-state index in [1.807, 2.05) is 50.4 Å². The predicted octanol–water partition coefficient (Wildman–Crippen LogP) is 2.73. The molecule has 0 aromatic heterocycles. The molecule has 0 unspecified atom stereocenters. The summed E-state index contributed by atoms with van der Waals surface area (Å²) < 4.78 is 11.4. The fraction of sp³-hybridized carbons (Fsp3) is 0.400. The fourth-order valence-corrected chi connectivity index (χ4v) is 6.04. The van der Waals surface area contributed by atoms with Crippen molar-refractivity contribution in [1.82, 2.24) is 16.0 Å². The predicted molar refractivity (Wildman–Crippen MR) is 168 cm³/mol. The zero-order valence-corrected chi connectivity index (χ0v) is 25.7. The molecule has 0 bridgehead atoms. The first-order valence-electron chi connectivity index (χ1n) is 15.3. The van der Waals surface area contributed by atoms with Gasteiger partial charge in [-0.1, -0.05) is 66.2 Å². The second-order valence-electron chi connectivity index (χ2n) is 11.7. The number of aryl methyl sites for hydroxylation is 1. The molecule has 2 aromatic carbocycles. The zero-order chi connectivity index (χ0) is 32.0. The molecule has 2 aliphatic heterocycles. The van der Waals surface area contributed by atoms with Crippen LogP contribution >= 0.6 is 0 Å². The number of allylic oxidation sites excluding steroid dienone is 3. The Morgan fingerprint density at radius 3 is 2.49 bits per heavy atom. The van der Waals surface area contributed by atoms with Crippen molar-refractivity contribution >= 4 is 17.5 Å². The first-order valence-corrected chi connectivity index (χ1v) is 15.3. The molecule has 238 valence electrons. The lowest BCUT2D eigenvalue weighted by atomic mass is 9.71. The Labute approximate surface area is 263 Å². The van der Waals surface area contributed by atoms with Crippen LogP contribution in [-0.4, -0.2) is 78.5 Å². The number of esters is 1. The molecular formula is C35H41N3O7. The molecule has 2 aromatic rings. The molecular weight excluding hydrogens is 574 g/mol. The molecule has 0 amide bonds. The number of ketones is 2. The fourth-order valence-electron chi connectivity index (χ4n) is 6.04. The maximum Gasteiger partial charge on any atom is 0.350 e. The number of hydrogen-bond donors (Lipinski definition) is 5. The highest BCUT2D eigenvalue weighted by atomic mass is 16.7. The Hall–Kier alpha value is -4.09. The Morgan fingerprint density at radius 1 is 1.07 bits per heavy atom. The molecule has 45 heavy (non-hydrogen) atoms. The maximum absolute atomic E-state index is 14.0. The smallest absolute Gasteiger partial charge is 0.350 e. The molecule has 3 atom stereocenters. The van der Waals surface area contributed by atoms with E-state index in [9.17, 15) is 24.6 Å². The SMILES string of the molecule is CNCNC1=CC(CC/C(C)=C(\CO)C[C@@]23O[C@]2(C(=O)OC[C@H](O)CCc2ccccc2)C(=O)c2ccccc2C3=O)=CCN1. The third-order valence-electron chi connectivity index (χ3n) is 8.75. The zero-order valence-electron chi connectivity index (χ0n) is 25.7. The molecule has 10 nitrogen and oxygen atoms in total. The Kier molecular flexibility index (Phi) is 9.99. The van der Waals surface area contributed by atoms with E-state index >= 15 is 0 Å². The molecule has 0 spiro atoms. The number of hydrogen-bond acceptors (Lipinski definition) is 10. The van der Waals surface area contributed by atoms with E-state index in [2.05, 4.69) is 22.0 Å². The average Bonchev–Trinajstić information content (AvgIpc) is 3.77. The largest absolute Gasteiger partial charge is 0.460 e. The van der Waals surface area contributed by atoms with Crippen LogP contribution in [0.15, 0.2) is 89.3 Å². The van der Waals surface area contributed by atoms with Crippen molar-refractivity contribution in [3.63, 3.8) is 0 Å². The normalized spacial score (nSPS) is 23.0. The highest BCUT2D eigenvalue weighted by molar-refractivity contribution is 6.32. The lowest BCUT2D eigenvalue weighted by Gasteiger charge is -2.25. The molecule has 1 fully saturated rings. The number of rotatable bonds is 15. The summed E-state index contributed by atoms with van der Waals surface area (Å²) in [7, 11) is 1.86. The average molecular weight is 616 g/mol. The number of epoxide rings is 1. The van der Waals surface area contributed by atoms with E-state index in [0.717, 1.165) is 22.5 Å². The summed E-state index contributed by atoms with van der Waals surface area (Å²) >= 11 is 0. The highest BCUT2D eigenvalue weighted by Crippen LogP contribution is 2.59. The molecule has 0 saturated carbocycles. The third kappa shape index (κ3) is 6.50. The number of aliphatic hydroxyl groups excluding tert-OH is 2. The molecule has 3 aliphatic rings. The van der Waals surface area contributed by atoms with E-state index in [0.29, 0.717) is 44.5 Å². The molecule has 5 N–H and O–H groups in total. The molecule has 1 aliphatic carbocycles. The second kappa shape index (κ2) is 13.9. The third-order valence-corrected chi connectivity index (χ3v) is 8.75. The number of carbonyl (C=O) groups excluding carboxylic acids is 3. The monoisotopic (exact) mass is 615 g/mol. The number of benzene rings is 2. The quantitative estimate of drug-likeness (QED) is 0.0666. The van der Waals surface area contributed by atoms with Crippen LogP contribution in [0.4, 0.5) is 0 Å². The number of carbonyl (C=O) groups is 3. The minimum atomic E-state index is -2.17. The standard InChI is InChI=1S/C35H41N3O7/c1-23(12-13-25-16-17-37-30(18-25)38-22-36-2)26(20-39)19-34-31(41)28-10-6-7-11-29(28)32(42)35(34,45-34)33(43)44-21-27(40)15-14-24-8-4-3-5-9-24/h3-11,16,18,27,36-40H,12-15,17,19-22H2,1-2H3/b26-23-/t27-,34+,35+/m1/s1. The summed E-state index contributed by atoms with van der Waals surface area (Å²) in [5.74, 6) is -1.24. The van der Waals surface area contributed by atoms with E-state index < -0.39 is 34.8 Å². The van der Waals surface area contributed by atoms with Gasteiger partial charge in [-0.05, 0) is 62.4 Å². The van der Waals surface area contributed by atoms with Crippen LogP contribution in [0.2, 0.25) is 0 Å². The summed E-state index contributed by atoms with van der Waals surface area (Å²) in [4.78, 5) is 41.5. The molecule has 5 rings (SSSR count). The van der Waals surface area contributed by atoms with Crippen LogP contribution in [0.3, 0.4) is 0 Å². The molecule has 10 heteroatoms. The van der Waals surface area contributed by atoms with E-state index in [1.165, 1.54) is 6.07 Å². The van der Waals surface area contributed by atoms with Crippen molar-refractivity contribution in [2.75, 3.05) is 33.5 Å². The van der Waals surface area contributed by atoms with Crippen molar-refractivity contribution in [2.24, 2.45) is 0 Å². The van der Waals surface area contributed by atoms with Crippen LogP contribution in [0.1, 0.15) is 58.9 Å². The Morgan fingerprint density at radius 2 is 1.78 bits per heavy atom. The van der Waals surface area contributed by atoms with E-state index in [1.54, 1.807) is 18.2 Å². The van der Waals surface area contributed by atoms with Crippen molar-refractivity contribution in [3.05, 3.63) is 106 Å². The molecule has 0 radical (unpaired) electrons. The summed E-state index contributed by atoms with van der Waals surface area (Å²) in [5, 5.41) is 30.5. The van der Waals surface area contributed by atoms with Gasteiger partial charge in [0.1, 0.15) is 12.4 Å². The minimum Gasteiger partial charge on any atom is -0.460 e. The van der Waals surface area contributed by atoms with Crippen molar-refractivity contribution < 1.29 is 34.1 Å². The lowest BCUT2D eigenvalue weighted by Crippen LogP contribution is -2.51. The highest BCUT2D eigenvalue weighted by Gasteiger charge is 2.85. The first-order chi connectivity index (χ1) is 21.8. The van der Waals surface area contributed by atoms with Crippen molar-refractivity contribution in [1.29, 1.82) is 0 Å².